The van der Waals surface area contributed by atoms with Gasteiger partial charge in [0.05, 0.1) is 22.1 Å². The van der Waals surface area contributed by atoms with Gasteiger partial charge < -0.3 is 10.8 Å². The number of hydrogen-bond donors (Lipinski definition) is 3. The topological polar surface area (TPSA) is 156 Å². The summed E-state index contributed by atoms with van der Waals surface area (Å²) in [4.78, 5) is 46.3. The van der Waals surface area contributed by atoms with E-state index in [0.29, 0.717) is 0 Å². The van der Waals surface area contributed by atoms with Crippen LogP contribution >= 0.6 is 0 Å². The number of nitro benzene ring substituents is 1. The minimum absolute atomic E-state index is 0.121. The number of amides is 2. The molecule has 1 unspecified atom stereocenters. The number of fused-ring (bicyclic) bond motifs is 1. The van der Waals surface area contributed by atoms with E-state index >= 15 is 0 Å². The van der Waals surface area contributed by atoms with Gasteiger partial charge in [0.1, 0.15) is 6.04 Å². The molecule has 1 aliphatic heterocycles. The fourth-order valence-corrected chi connectivity index (χ4v) is 3.21. The lowest BCUT2D eigenvalue weighted by Crippen LogP contribution is -2.52. The van der Waals surface area contributed by atoms with Crippen LogP contribution in [0.4, 0.5) is 5.69 Å². The van der Waals surface area contributed by atoms with Gasteiger partial charge in [-0.05, 0) is 17.9 Å². The van der Waals surface area contributed by atoms with Crippen LogP contribution < -0.4 is 11.2 Å². The summed E-state index contributed by atoms with van der Waals surface area (Å²) in [7, 11) is 0. The zero-order chi connectivity index (χ0) is 20.5. The Balaban J connectivity index is 2.48. The van der Waals surface area contributed by atoms with Gasteiger partial charge in [-0.1, -0.05) is 26.8 Å². The van der Waals surface area contributed by atoms with Crippen LogP contribution in [0, 0.1) is 15.5 Å². The van der Waals surface area contributed by atoms with Crippen molar-refractivity contribution in [2.45, 2.75) is 45.7 Å². The quantitative estimate of drug-likeness (QED) is 0.477. The molecule has 1 aromatic carbocycles. The maximum atomic E-state index is 12.9. The third-order valence-corrected chi connectivity index (χ3v) is 4.35. The summed E-state index contributed by atoms with van der Waals surface area (Å²) in [6.45, 7) is 5.39. The highest BCUT2D eigenvalue weighted by molar-refractivity contribution is 6.00. The summed E-state index contributed by atoms with van der Waals surface area (Å²) < 4.78 is 0. The molecule has 1 heterocycles. The Morgan fingerprint density at radius 2 is 2.04 bits per heavy atom. The molecule has 1 aliphatic rings. The van der Waals surface area contributed by atoms with Gasteiger partial charge in [0.2, 0.25) is 5.91 Å². The lowest BCUT2D eigenvalue weighted by Gasteiger charge is -2.36. The number of carbonyl (C=O) groups is 3. The van der Waals surface area contributed by atoms with Gasteiger partial charge in [0, 0.05) is 12.5 Å². The minimum atomic E-state index is -1.26. The Hall–Kier alpha value is -3.01. The molecule has 0 aromatic heterocycles. The summed E-state index contributed by atoms with van der Waals surface area (Å²) >= 11 is 0. The van der Waals surface area contributed by atoms with Crippen LogP contribution in [0.1, 0.15) is 55.6 Å². The summed E-state index contributed by atoms with van der Waals surface area (Å²) in [5, 5.41) is 22.0. The standard InChI is InChI=1S/C17H22N4O6/c1-17(2,3)14-13-9(5-4-6-11(13)21(26)27)15(23)20(14)19-10(16(24)25)7-8-12(18)22/h4-6,10,14,19H,7-8H2,1-3H3,(H2,18,22)(H,24,25)/t10-,14?/m0/s1. The van der Waals surface area contributed by atoms with Crippen LogP contribution in [0.15, 0.2) is 18.2 Å². The second-order valence-corrected chi connectivity index (χ2v) is 7.46. The van der Waals surface area contributed by atoms with Gasteiger partial charge in [0.15, 0.2) is 0 Å². The molecule has 0 saturated heterocycles. The van der Waals surface area contributed by atoms with Crippen LogP contribution in [-0.2, 0) is 9.59 Å². The molecule has 0 bridgehead atoms. The first-order valence-electron chi connectivity index (χ1n) is 8.33. The lowest BCUT2D eigenvalue weighted by atomic mass is 9.82. The average Bonchev–Trinajstić information content (AvgIpc) is 2.83. The Labute approximate surface area is 155 Å². The Morgan fingerprint density at radius 1 is 1.41 bits per heavy atom. The normalized spacial score (nSPS) is 17.5. The van der Waals surface area contributed by atoms with E-state index in [1.54, 1.807) is 20.8 Å². The van der Waals surface area contributed by atoms with Crippen molar-refractivity contribution in [3.05, 3.63) is 39.4 Å². The van der Waals surface area contributed by atoms with Crippen molar-refractivity contribution in [1.82, 2.24) is 10.4 Å². The SMILES string of the molecule is CC(C)(C)C1c2c(cccc2[N+](=O)[O-])C(=O)N1N[C@@H](CCC(N)=O)C(=O)O. The number of carbonyl (C=O) groups excluding carboxylic acids is 2. The van der Waals surface area contributed by atoms with Crippen LogP contribution in [-0.4, -0.2) is 38.9 Å². The second-order valence-electron chi connectivity index (χ2n) is 7.46. The summed E-state index contributed by atoms with van der Waals surface area (Å²) in [5.74, 6) is -2.48. The third-order valence-electron chi connectivity index (χ3n) is 4.35. The van der Waals surface area contributed by atoms with Crippen LogP contribution in [0.25, 0.3) is 0 Å². The van der Waals surface area contributed by atoms with Gasteiger partial charge in [-0.25, -0.2) is 5.43 Å². The molecular weight excluding hydrogens is 356 g/mol. The number of nitrogens with two attached hydrogens (primary N) is 1. The molecule has 0 saturated carbocycles. The average molecular weight is 378 g/mol. The first kappa shape index (κ1) is 20.3. The molecule has 4 N–H and O–H groups in total. The molecule has 0 radical (unpaired) electrons. The zero-order valence-electron chi connectivity index (χ0n) is 15.3. The number of nitrogens with zero attached hydrogens (tertiary/aromatic N) is 2. The predicted molar refractivity (Wildman–Crippen MR) is 94.4 cm³/mol. The maximum Gasteiger partial charge on any atom is 0.322 e. The van der Waals surface area contributed by atoms with Crippen molar-refractivity contribution >= 4 is 23.5 Å². The highest BCUT2D eigenvalue weighted by atomic mass is 16.6. The summed E-state index contributed by atoms with van der Waals surface area (Å²) in [5.41, 5.74) is 7.28. The van der Waals surface area contributed by atoms with Crippen molar-refractivity contribution in [3.8, 4) is 0 Å². The van der Waals surface area contributed by atoms with Crippen LogP contribution in [0.3, 0.4) is 0 Å². The molecule has 10 heteroatoms. The van der Waals surface area contributed by atoms with E-state index in [2.05, 4.69) is 5.43 Å². The Bertz CT molecular complexity index is 801. The maximum absolute atomic E-state index is 12.9. The van der Waals surface area contributed by atoms with E-state index in [-0.39, 0.29) is 29.7 Å². The highest BCUT2D eigenvalue weighted by Crippen LogP contribution is 2.47. The first-order chi connectivity index (χ1) is 12.4. The molecule has 0 fully saturated rings. The fraction of sp³-hybridized carbons (Fsp3) is 0.471. The number of carboxylic acid groups (broad SMARTS) is 1. The molecule has 10 nitrogen and oxygen atoms in total. The molecule has 27 heavy (non-hydrogen) atoms. The number of benzene rings is 1. The lowest BCUT2D eigenvalue weighted by molar-refractivity contribution is -0.386. The van der Waals surface area contributed by atoms with Crippen molar-refractivity contribution in [2.75, 3.05) is 0 Å². The number of rotatable bonds is 7. The second kappa shape index (κ2) is 7.31. The number of hydrogen-bond acceptors (Lipinski definition) is 6. The van der Waals surface area contributed by atoms with Gasteiger partial charge in [-0.2, -0.15) is 0 Å². The molecular formula is C17H22N4O6. The first-order valence-corrected chi connectivity index (χ1v) is 8.33. The van der Waals surface area contributed by atoms with E-state index in [1.807, 2.05) is 0 Å². The van der Waals surface area contributed by atoms with E-state index in [0.717, 1.165) is 5.01 Å². The van der Waals surface area contributed by atoms with Crippen molar-refractivity contribution in [2.24, 2.45) is 11.1 Å². The van der Waals surface area contributed by atoms with E-state index in [4.69, 9.17) is 5.73 Å². The monoisotopic (exact) mass is 378 g/mol. The van der Waals surface area contributed by atoms with Crippen molar-refractivity contribution < 1.29 is 24.4 Å². The predicted octanol–water partition coefficient (Wildman–Crippen LogP) is 1.36. The number of aliphatic carboxylic acids is 1. The number of primary amides is 1. The summed E-state index contributed by atoms with van der Waals surface area (Å²) in [6.07, 6.45) is -0.303. The largest absolute Gasteiger partial charge is 0.480 e. The number of hydrazine groups is 1. The van der Waals surface area contributed by atoms with Crippen molar-refractivity contribution in [1.29, 1.82) is 0 Å². The smallest absolute Gasteiger partial charge is 0.322 e. The van der Waals surface area contributed by atoms with Crippen molar-refractivity contribution in [3.63, 3.8) is 0 Å². The van der Waals surface area contributed by atoms with Gasteiger partial charge in [-0.15, -0.1) is 0 Å². The fourth-order valence-electron chi connectivity index (χ4n) is 3.21. The number of nitrogens with one attached hydrogen (secondary N) is 1. The van der Waals surface area contributed by atoms with E-state index in [9.17, 15) is 29.6 Å². The number of nitro groups is 1. The molecule has 2 atom stereocenters. The molecule has 0 aliphatic carbocycles. The molecule has 0 spiro atoms. The third kappa shape index (κ3) is 4.05. The number of carboxylic acids is 1. The van der Waals surface area contributed by atoms with Gasteiger partial charge in [0.25, 0.3) is 11.6 Å². The Kier molecular flexibility index (Phi) is 5.50. The summed E-state index contributed by atoms with van der Waals surface area (Å²) in [6, 6.07) is 2.19. The minimum Gasteiger partial charge on any atom is -0.480 e. The van der Waals surface area contributed by atoms with E-state index < -0.39 is 40.2 Å². The molecule has 2 rings (SSSR count). The Morgan fingerprint density at radius 3 is 2.52 bits per heavy atom. The van der Waals surface area contributed by atoms with Crippen LogP contribution in [0.5, 0.6) is 0 Å². The van der Waals surface area contributed by atoms with Gasteiger partial charge in [-0.3, -0.25) is 29.5 Å². The van der Waals surface area contributed by atoms with Gasteiger partial charge >= 0.3 is 5.97 Å². The molecule has 2 amide bonds. The van der Waals surface area contributed by atoms with Crippen LogP contribution in [0.2, 0.25) is 0 Å². The van der Waals surface area contributed by atoms with E-state index in [1.165, 1.54) is 18.2 Å². The zero-order valence-corrected chi connectivity index (χ0v) is 15.3. The molecule has 1 aromatic rings. The highest BCUT2D eigenvalue weighted by Gasteiger charge is 2.48. The molecule has 146 valence electrons.